The summed E-state index contributed by atoms with van der Waals surface area (Å²) in [7, 11) is 0. The summed E-state index contributed by atoms with van der Waals surface area (Å²) < 4.78 is 5.57. The van der Waals surface area contributed by atoms with E-state index < -0.39 is 43.4 Å². The van der Waals surface area contributed by atoms with Gasteiger partial charge < -0.3 is 41.4 Å². The van der Waals surface area contributed by atoms with E-state index >= 15 is 0 Å². The highest BCUT2D eigenvalue weighted by molar-refractivity contribution is 6.02. The van der Waals surface area contributed by atoms with Crippen molar-refractivity contribution in [1.29, 1.82) is 0 Å². The van der Waals surface area contributed by atoms with Crippen LogP contribution in [0.2, 0.25) is 0 Å². The van der Waals surface area contributed by atoms with Gasteiger partial charge in [-0.25, -0.2) is 0 Å². The molecule has 1 saturated heterocycles. The average Bonchev–Trinajstić information content (AvgIpc) is 3.14. The van der Waals surface area contributed by atoms with Crippen LogP contribution in [0.4, 0.5) is 0 Å². The second-order valence-corrected chi connectivity index (χ2v) is 7.04. The maximum Gasteiger partial charge on any atom is 0.243 e. The molecule has 3 aliphatic heterocycles. The van der Waals surface area contributed by atoms with E-state index in [9.17, 15) is 15.3 Å². The predicted molar refractivity (Wildman–Crippen MR) is 95.3 cm³/mol. The van der Waals surface area contributed by atoms with Crippen LogP contribution >= 0.6 is 0 Å². The first-order valence-corrected chi connectivity index (χ1v) is 8.76. The summed E-state index contributed by atoms with van der Waals surface area (Å²) in [5.74, 6) is 1.17. The Labute approximate surface area is 151 Å². The lowest BCUT2D eigenvalue weighted by Crippen LogP contribution is -2.61. The molecule has 0 spiro atoms. The number of ether oxygens (including phenoxy) is 1. The highest BCUT2D eigenvalue weighted by atomic mass is 16.6. The van der Waals surface area contributed by atoms with Crippen LogP contribution in [0, 0.1) is 5.92 Å². The molecule has 11 heteroatoms. The Kier molecular flexibility index (Phi) is 5.61. The van der Waals surface area contributed by atoms with E-state index in [0.29, 0.717) is 24.3 Å². The van der Waals surface area contributed by atoms with Crippen molar-refractivity contribution in [1.82, 2.24) is 15.6 Å². The van der Waals surface area contributed by atoms with Gasteiger partial charge in [-0.2, -0.15) is 4.99 Å². The van der Waals surface area contributed by atoms with E-state index in [4.69, 9.17) is 10.5 Å². The first kappa shape index (κ1) is 18.8. The van der Waals surface area contributed by atoms with Crippen LogP contribution in [0.25, 0.3) is 0 Å². The average molecular weight is 369 g/mol. The minimum atomic E-state index is -1.19. The van der Waals surface area contributed by atoms with Gasteiger partial charge in [0.05, 0.1) is 12.9 Å². The minimum Gasteiger partial charge on any atom is -0.394 e. The monoisotopic (exact) mass is 369 g/mol. The highest BCUT2D eigenvalue weighted by Gasteiger charge is 2.50. The number of aliphatic hydroxyl groups is 3. The van der Waals surface area contributed by atoms with E-state index in [1.807, 2.05) is 0 Å². The molecule has 0 aliphatic carbocycles. The molecule has 4 unspecified atom stereocenters. The molecule has 3 rings (SSSR count). The van der Waals surface area contributed by atoms with E-state index in [2.05, 4.69) is 39.7 Å². The van der Waals surface area contributed by atoms with Gasteiger partial charge in [0.25, 0.3) is 0 Å². The van der Waals surface area contributed by atoms with Crippen molar-refractivity contribution in [2.75, 3.05) is 13.2 Å². The molecule has 146 valence electrons. The number of nitrogens with zero attached hydrogens (tertiary/aromatic N) is 4. The Morgan fingerprint density at radius 1 is 1.42 bits per heavy atom. The van der Waals surface area contributed by atoms with Crippen LogP contribution in [-0.2, 0) is 4.74 Å². The third-order valence-electron chi connectivity index (χ3n) is 4.63. The Morgan fingerprint density at radius 3 is 2.85 bits per heavy atom. The molecular weight excluding hydrogens is 342 g/mol. The summed E-state index contributed by atoms with van der Waals surface area (Å²) in [5.41, 5.74) is 8.96. The van der Waals surface area contributed by atoms with Crippen molar-refractivity contribution in [3.8, 4) is 0 Å². The van der Waals surface area contributed by atoms with Crippen LogP contribution in [-0.4, -0.2) is 88.3 Å². The molecule has 3 heterocycles. The lowest BCUT2D eigenvalue weighted by molar-refractivity contribution is -0.0803. The number of rotatable bonds is 6. The fraction of sp³-hybridized carbons (Fsp3) is 0.800. The molecule has 0 saturated carbocycles. The minimum absolute atomic E-state index is 0.295. The Hall–Kier alpha value is -1.95. The number of hydrogen-bond acceptors (Lipinski definition) is 9. The Morgan fingerprint density at radius 2 is 2.19 bits per heavy atom. The van der Waals surface area contributed by atoms with Crippen molar-refractivity contribution in [2.24, 2.45) is 26.7 Å². The topological polar surface area (TPSA) is 160 Å². The molecule has 11 nitrogen and oxygen atoms in total. The van der Waals surface area contributed by atoms with Gasteiger partial charge in [0.1, 0.15) is 36.4 Å². The highest BCUT2D eigenvalue weighted by Crippen LogP contribution is 2.28. The summed E-state index contributed by atoms with van der Waals surface area (Å²) in [6.45, 7) is 4.57. The van der Waals surface area contributed by atoms with Gasteiger partial charge >= 0.3 is 0 Å². The zero-order chi connectivity index (χ0) is 18.8. The first-order chi connectivity index (χ1) is 12.4. The second-order valence-electron chi connectivity index (χ2n) is 7.04. The predicted octanol–water partition coefficient (Wildman–Crippen LogP) is -2.67. The molecule has 0 amide bonds. The zero-order valence-corrected chi connectivity index (χ0v) is 14.9. The number of hydrogen-bond donors (Lipinski definition) is 6. The quantitative estimate of drug-likeness (QED) is 0.218. The molecule has 0 bridgehead atoms. The number of amidine groups is 1. The molecule has 3 aliphatic rings. The van der Waals surface area contributed by atoms with E-state index in [1.165, 1.54) is 6.34 Å². The van der Waals surface area contributed by atoms with Crippen molar-refractivity contribution in [2.45, 2.75) is 57.0 Å². The molecule has 0 aromatic carbocycles. The fourth-order valence-electron chi connectivity index (χ4n) is 3.10. The van der Waals surface area contributed by atoms with Gasteiger partial charge in [0, 0.05) is 6.54 Å². The number of fused-ring (bicyclic) bond motifs is 1. The maximum absolute atomic E-state index is 10.2. The van der Waals surface area contributed by atoms with Gasteiger partial charge in [-0.3, -0.25) is 4.99 Å². The van der Waals surface area contributed by atoms with Crippen molar-refractivity contribution >= 4 is 18.1 Å². The SMILES string of the molecule is CC(C)CCN/N=C1/N=C(N)C2N=CN(C3OC(CO)[C@@H](O)[C@H]3O)C2N1. The molecule has 26 heavy (non-hydrogen) atoms. The summed E-state index contributed by atoms with van der Waals surface area (Å²) in [6, 6.07) is -0.453. The van der Waals surface area contributed by atoms with Crippen molar-refractivity contribution < 1.29 is 20.1 Å². The molecule has 0 aromatic heterocycles. The van der Waals surface area contributed by atoms with Crippen LogP contribution < -0.4 is 16.5 Å². The number of nitrogens with two attached hydrogens (primary N) is 1. The second kappa shape index (κ2) is 7.74. The van der Waals surface area contributed by atoms with Crippen LogP contribution in [0.15, 0.2) is 15.1 Å². The third-order valence-corrected chi connectivity index (χ3v) is 4.63. The van der Waals surface area contributed by atoms with Gasteiger partial charge in [-0.05, 0) is 12.3 Å². The summed E-state index contributed by atoms with van der Waals surface area (Å²) in [4.78, 5) is 10.1. The van der Waals surface area contributed by atoms with E-state index in [1.54, 1.807) is 4.90 Å². The number of aliphatic imine (C=N–C) groups is 2. The van der Waals surface area contributed by atoms with Crippen molar-refractivity contribution in [3.63, 3.8) is 0 Å². The third kappa shape index (κ3) is 3.61. The molecule has 0 radical (unpaired) electrons. The van der Waals surface area contributed by atoms with Gasteiger partial charge in [0.2, 0.25) is 5.96 Å². The zero-order valence-electron chi connectivity index (χ0n) is 14.9. The molecule has 6 atom stereocenters. The van der Waals surface area contributed by atoms with Crippen LogP contribution in [0.3, 0.4) is 0 Å². The summed E-state index contributed by atoms with van der Waals surface area (Å²) >= 11 is 0. The number of hydrazone groups is 1. The fourth-order valence-corrected chi connectivity index (χ4v) is 3.10. The largest absolute Gasteiger partial charge is 0.394 e. The standard InChI is InChI=1S/C15H27N7O4/c1-7(2)3-4-18-21-15-19-12(16)9-13(20-15)22(6-17-9)14-11(25)10(24)8(5-23)26-14/h6-11,13-14,18,23-25H,3-5H2,1-2H3,(H3,16,19,20,21)/t8?,9?,10-,11-,13?,14?/m1/s1. The Balaban J connectivity index is 1.69. The normalized spacial score (nSPS) is 37.8. The number of aliphatic hydroxyl groups excluding tert-OH is 3. The van der Waals surface area contributed by atoms with E-state index in [0.717, 1.165) is 6.42 Å². The van der Waals surface area contributed by atoms with Crippen molar-refractivity contribution in [3.05, 3.63) is 0 Å². The summed E-state index contributed by atoms with van der Waals surface area (Å²) in [6.07, 6.45) is -2.08. The van der Waals surface area contributed by atoms with Gasteiger partial charge in [-0.15, -0.1) is 5.10 Å². The molecule has 1 fully saturated rings. The van der Waals surface area contributed by atoms with Gasteiger partial charge in [-0.1, -0.05) is 13.8 Å². The molecule has 0 aromatic rings. The Bertz CT molecular complexity index is 597. The number of nitrogens with one attached hydrogen (secondary N) is 2. The molecule has 7 N–H and O–H groups in total. The number of guanidine groups is 1. The maximum atomic E-state index is 10.2. The lowest BCUT2D eigenvalue weighted by Gasteiger charge is -2.35. The molecular formula is C15H27N7O4. The smallest absolute Gasteiger partial charge is 0.243 e. The van der Waals surface area contributed by atoms with E-state index in [-0.39, 0.29) is 0 Å². The summed E-state index contributed by atoms with van der Waals surface area (Å²) in [5, 5.41) is 36.8. The lowest BCUT2D eigenvalue weighted by atomic mass is 10.1. The first-order valence-electron chi connectivity index (χ1n) is 8.76. The van der Waals surface area contributed by atoms with Gasteiger partial charge in [0.15, 0.2) is 6.23 Å². The van der Waals surface area contributed by atoms with Crippen LogP contribution in [0.5, 0.6) is 0 Å². The van der Waals surface area contributed by atoms with Crippen LogP contribution in [0.1, 0.15) is 20.3 Å².